The average molecular weight is 194 g/mol. The minimum Gasteiger partial charge on any atom is -0.310 e. The van der Waals surface area contributed by atoms with Gasteiger partial charge in [0.2, 0.25) is 0 Å². The summed E-state index contributed by atoms with van der Waals surface area (Å²) in [4.78, 5) is 2.67. The molecule has 0 bridgehead atoms. The molecule has 3 fully saturated rings. The first-order valence-electron chi connectivity index (χ1n) is 6.38. The fourth-order valence-electron chi connectivity index (χ4n) is 2.71. The second kappa shape index (κ2) is 3.82. The van der Waals surface area contributed by atoms with E-state index in [9.17, 15) is 0 Å². The summed E-state index contributed by atoms with van der Waals surface area (Å²) in [5.74, 6) is 1.07. The van der Waals surface area contributed by atoms with E-state index in [1.54, 1.807) is 0 Å². The molecule has 0 aromatic rings. The monoisotopic (exact) mass is 194 g/mol. The molecular formula is C12H22N2. The van der Waals surface area contributed by atoms with Crippen LogP contribution >= 0.6 is 0 Å². The minimum absolute atomic E-state index is 0.819. The molecule has 80 valence electrons. The van der Waals surface area contributed by atoms with Crippen LogP contribution in [0.25, 0.3) is 0 Å². The van der Waals surface area contributed by atoms with Crippen molar-refractivity contribution in [3.63, 3.8) is 0 Å². The Morgan fingerprint density at radius 3 is 2.50 bits per heavy atom. The molecule has 0 spiro atoms. The van der Waals surface area contributed by atoms with Crippen LogP contribution in [0.2, 0.25) is 0 Å². The van der Waals surface area contributed by atoms with Crippen molar-refractivity contribution in [1.29, 1.82) is 0 Å². The van der Waals surface area contributed by atoms with Gasteiger partial charge in [0.1, 0.15) is 0 Å². The normalized spacial score (nSPS) is 34.7. The van der Waals surface area contributed by atoms with Crippen LogP contribution in [0.3, 0.4) is 0 Å². The molecule has 2 nitrogen and oxygen atoms in total. The molecule has 1 atom stereocenters. The van der Waals surface area contributed by atoms with Gasteiger partial charge >= 0.3 is 0 Å². The van der Waals surface area contributed by atoms with Crippen LogP contribution in [-0.4, -0.2) is 36.6 Å². The standard InChI is InChI=1S/C12H22N2/c1-2-11(3-1)13-12-6-7-14(9-12)8-10-4-5-10/h10-13H,1-9H2. The highest BCUT2D eigenvalue weighted by Crippen LogP contribution is 2.31. The Hall–Kier alpha value is -0.0800. The third-order valence-electron chi connectivity index (χ3n) is 4.06. The van der Waals surface area contributed by atoms with Crippen molar-refractivity contribution in [3.05, 3.63) is 0 Å². The zero-order chi connectivity index (χ0) is 9.38. The summed E-state index contributed by atoms with van der Waals surface area (Å²) in [5, 5.41) is 3.80. The smallest absolute Gasteiger partial charge is 0.0209 e. The van der Waals surface area contributed by atoms with Gasteiger partial charge in [0, 0.05) is 25.2 Å². The molecule has 1 N–H and O–H groups in total. The van der Waals surface area contributed by atoms with E-state index in [1.165, 1.54) is 58.2 Å². The topological polar surface area (TPSA) is 15.3 Å². The number of likely N-dealkylation sites (tertiary alicyclic amines) is 1. The van der Waals surface area contributed by atoms with Gasteiger partial charge in [-0.15, -0.1) is 0 Å². The van der Waals surface area contributed by atoms with Crippen LogP contribution in [0.4, 0.5) is 0 Å². The van der Waals surface area contributed by atoms with E-state index < -0.39 is 0 Å². The summed E-state index contributed by atoms with van der Waals surface area (Å²) >= 11 is 0. The first-order valence-corrected chi connectivity index (χ1v) is 6.38. The van der Waals surface area contributed by atoms with E-state index in [2.05, 4.69) is 10.2 Å². The van der Waals surface area contributed by atoms with E-state index in [1.807, 2.05) is 0 Å². The lowest BCUT2D eigenvalue weighted by atomic mass is 9.92. The van der Waals surface area contributed by atoms with Crippen molar-refractivity contribution in [2.24, 2.45) is 5.92 Å². The van der Waals surface area contributed by atoms with Gasteiger partial charge in [0.05, 0.1) is 0 Å². The number of hydrogen-bond donors (Lipinski definition) is 1. The number of hydrogen-bond acceptors (Lipinski definition) is 2. The molecule has 2 heteroatoms. The largest absolute Gasteiger partial charge is 0.310 e. The number of rotatable bonds is 4. The van der Waals surface area contributed by atoms with Crippen molar-refractivity contribution in [2.45, 2.75) is 50.6 Å². The fourth-order valence-corrected chi connectivity index (χ4v) is 2.71. The Morgan fingerprint density at radius 1 is 1.00 bits per heavy atom. The minimum atomic E-state index is 0.819. The van der Waals surface area contributed by atoms with Crippen molar-refractivity contribution in [2.75, 3.05) is 19.6 Å². The van der Waals surface area contributed by atoms with Crippen LogP contribution in [0, 0.1) is 5.92 Å². The zero-order valence-corrected chi connectivity index (χ0v) is 9.04. The average Bonchev–Trinajstić information content (AvgIpc) is 2.78. The number of nitrogens with zero attached hydrogens (tertiary/aromatic N) is 1. The quantitative estimate of drug-likeness (QED) is 0.731. The Balaban J connectivity index is 1.39. The molecule has 1 unspecified atom stereocenters. The van der Waals surface area contributed by atoms with Gasteiger partial charge in [0.25, 0.3) is 0 Å². The van der Waals surface area contributed by atoms with Crippen molar-refractivity contribution < 1.29 is 0 Å². The highest BCUT2D eigenvalue weighted by atomic mass is 15.2. The van der Waals surface area contributed by atoms with Gasteiger partial charge in [-0.3, -0.25) is 0 Å². The van der Waals surface area contributed by atoms with Crippen LogP contribution < -0.4 is 5.32 Å². The van der Waals surface area contributed by atoms with E-state index in [0.29, 0.717) is 0 Å². The van der Waals surface area contributed by atoms with Gasteiger partial charge in [-0.2, -0.15) is 0 Å². The van der Waals surface area contributed by atoms with Crippen LogP contribution in [0.1, 0.15) is 38.5 Å². The summed E-state index contributed by atoms with van der Waals surface area (Å²) in [6.07, 6.45) is 8.70. The summed E-state index contributed by atoms with van der Waals surface area (Å²) in [7, 11) is 0. The molecule has 0 aromatic heterocycles. The van der Waals surface area contributed by atoms with E-state index in [0.717, 1.165) is 18.0 Å². The van der Waals surface area contributed by atoms with Crippen molar-refractivity contribution >= 4 is 0 Å². The van der Waals surface area contributed by atoms with Crippen LogP contribution in [-0.2, 0) is 0 Å². The van der Waals surface area contributed by atoms with Gasteiger partial charge < -0.3 is 10.2 Å². The summed E-state index contributed by atoms with van der Waals surface area (Å²) in [6.45, 7) is 4.07. The predicted octanol–water partition coefficient (Wildman–Crippen LogP) is 1.61. The predicted molar refractivity (Wildman–Crippen MR) is 58.3 cm³/mol. The lowest BCUT2D eigenvalue weighted by Crippen LogP contribution is -2.43. The van der Waals surface area contributed by atoms with Gasteiger partial charge in [-0.1, -0.05) is 6.42 Å². The maximum absolute atomic E-state index is 3.80. The lowest BCUT2D eigenvalue weighted by Gasteiger charge is -2.30. The molecule has 0 radical (unpaired) electrons. The van der Waals surface area contributed by atoms with Gasteiger partial charge in [0.15, 0.2) is 0 Å². The molecule has 1 heterocycles. The fraction of sp³-hybridized carbons (Fsp3) is 1.00. The molecule has 1 saturated heterocycles. The van der Waals surface area contributed by atoms with Crippen molar-refractivity contribution in [1.82, 2.24) is 10.2 Å². The third-order valence-corrected chi connectivity index (χ3v) is 4.06. The highest BCUT2D eigenvalue weighted by Gasteiger charge is 2.30. The second-order valence-electron chi connectivity index (χ2n) is 5.48. The first-order chi connectivity index (χ1) is 6.90. The zero-order valence-electron chi connectivity index (χ0n) is 9.04. The molecular weight excluding hydrogens is 172 g/mol. The summed E-state index contributed by atoms with van der Waals surface area (Å²) < 4.78 is 0. The molecule has 1 aliphatic heterocycles. The van der Waals surface area contributed by atoms with E-state index >= 15 is 0 Å². The second-order valence-corrected chi connectivity index (χ2v) is 5.48. The van der Waals surface area contributed by atoms with E-state index in [-0.39, 0.29) is 0 Å². The maximum atomic E-state index is 3.80. The Morgan fingerprint density at radius 2 is 1.86 bits per heavy atom. The molecule has 14 heavy (non-hydrogen) atoms. The SMILES string of the molecule is C1CC(NC2CCN(CC3CC3)C2)C1. The Bertz CT molecular complexity index is 196. The molecule has 2 aliphatic carbocycles. The Kier molecular flexibility index (Phi) is 2.50. The molecule has 0 aromatic carbocycles. The van der Waals surface area contributed by atoms with Crippen LogP contribution in [0.15, 0.2) is 0 Å². The summed E-state index contributed by atoms with van der Waals surface area (Å²) in [6, 6.07) is 1.69. The molecule has 2 saturated carbocycles. The maximum Gasteiger partial charge on any atom is 0.0209 e. The molecule has 3 aliphatic rings. The Labute approximate surface area is 87.0 Å². The van der Waals surface area contributed by atoms with Crippen LogP contribution in [0.5, 0.6) is 0 Å². The van der Waals surface area contributed by atoms with Gasteiger partial charge in [-0.05, 0) is 44.6 Å². The molecule has 3 rings (SSSR count). The molecule has 0 amide bonds. The number of nitrogens with one attached hydrogen (secondary N) is 1. The highest BCUT2D eigenvalue weighted by molar-refractivity contribution is 4.88. The third kappa shape index (κ3) is 2.12. The summed E-state index contributed by atoms with van der Waals surface area (Å²) in [5.41, 5.74) is 0. The van der Waals surface area contributed by atoms with Gasteiger partial charge in [-0.25, -0.2) is 0 Å². The van der Waals surface area contributed by atoms with Crippen molar-refractivity contribution in [3.8, 4) is 0 Å². The van der Waals surface area contributed by atoms with E-state index in [4.69, 9.17) is 0 Å². The first kappa shape index (κ1) is 9.17. The lowest BCUT2D eigenvalue weighted by molar-refractivity contribution is 0.281.